The Morgan fingerprint density at radius 1 is 0.920 bits per heavy atom. The van der Waals surface area contributed by atoms with Gasteiger partial charge in [-0.15, -0.1) is 0 Å². The molecule has 0 bridgehead atoms. The summed E-state index contributed by atoms with van der Waals surface area (Å²) >= 11 is 0. The van der Waals surface area contributed by atoms with Crippen molar-refractivity contribution in [2.24, 2.45) is 40.4 Å². The van der Waals surface area contributed by atoms with Crippen LogP contribution in [0.5, 0.6) is 0 Å². The third-order valence-electron chi connectivity index (χ3n) is 9.30. The molecule has 0 radical (unpaired) electrons. The molecule has 0 heterocycles. The predicted octanol–water partition coefficient (Wildman–Crippen LogP) is 4.16. The molecule has 0 aromatic heterocycles. The highest BCUT2D eigenvalue weighted by molar-refractivity contribution is 5.91. The Morgan fingerprint density at radius 2 is 1.68 bits per heavy atom. The lowest BCUT2D eigenvalue weighted by molar-refractivity contribution is -0.157. The number of hydrogen-bond donors (Lipinski definition) is 1. The van der Waals surface area contributed by atoms with Gasteiger partial charge in [-0.25, -0.2) is 0 Å². The van der Waals surface area contributed by atoms with E-state index in [1.807, 2.05) is 0 Å². The van der Waals surface area contributed by atoms with E-state index >= 15 is 0 Å². The molecule has 0 aliphatic heterocycles. The fourth-order valence-electron chi connectivity index (χ4n) is 8.16. The summed E-state index contributed by atoms with van der Waals surface area (Å²) in [5.41, 5.74) is -0.0240. The van der Waals surface area contributed by atoms with E-state index in [-0.39, 0.29) is 29.0 Å². The molecule has 8 atom stereocenters. The first-order chi connectivity index (χ1) is 11.8. The Morgan fingerprint density at radius 3 is 2.36 bits per heavy atom. The normalized spacial score (nSPS) is 52.0. The van der Waals surface area contributed by atoms with Gasteiger partial charge in [-0.1, -0.05) is 6.92 Å². The van der Waals surface area contributed by atoms with E-state index < -0.39 is 0 Å². The Kier molecular flexibility index (Phi) is 4.18. The second kappa shape index (κ2) is 5.90. The maximum absolute atomic E-state index is 12.8. The Balaban J connectivity index is 1.67. The number of fused-ring (bicyclic) bond motifs is 5. The second-order valence-corrected chi connectivity index (χ2v) is 9.96. The fourth-order valence-corrected chi connectivity index (χ4v) is 8.16. The largest absolute Gasteiger partial charge is 0.393 e. The number of aliphatic hydroxyl groups excluding tert-OH is 1. The van der Waals surface area contributed by atoms with Gasteiger partial charge in [0.1, 0.15) is 11.6 Å². The molecular formula is C22H34O3. The summed E-state index contributed by atoms with van der Waals surface area (Å²) < 4.78 is 0. The maximum Gasteiger partial charge on any atom is 0.136 e. The third-order valence-corrected chi connectivity index (χ3v) is 9.30. The molecular weight excluding hydrogens is 312 g/mol. The number of carbonyl (C=O) groups excluding carboxylic acids is 2. The van der Waals surface area contributed by atoms with E-state index in [0.29, 0.717) is 29.1 Å². The minimum absolute atomic E-state index is 0.0327. The molecule has 0 saturated heterocycles. The predicted molar refractivity (Wildman–Crippen MR) is 96.9 cm³/mol. The maximum atomic E-state index is 12.8. The SMILES string of the molecule is CC(=O)[C@H]1CC[C@H]2[C@@H]3CC[C@H]4C[C@H](O)CC[C@]4(C)[C@H]3CC[C@]12C(C)=O. The molecule has 4 aliphatic carbocycles. The number of ketones is 2. The van der Waals surface area contributed by atoms with Crippen LogP contribution in [0, 0.1) is 40.4 Å². The van der Waals surface area contributed by atoms with Crippen LogP contribution in [0.2, 0.25) is 0 Å². The number of Topliss-reactive ketones (excluding diaryl/α,β-unsaturated/α-hetero) is 2. The van der Waals surface area contributed by atoms with Crippen LogP contribution < -0.4 is 0 Å². The zero-order valence-electron chi connectivity index (χ0n) is 16.1. The van der Waals surface area contributed by atoms with Gasteiger partial charge >= 0.3 is 0 Å². The quantitative estimate of drug-likeness (QED) is 0.816. The first kappa shape index (κ1) is 17.7. The smallest absolute Gasteiger partial charge is 0.136 e. The lowest BCUT2D eigenvalue weighted by Crippen LogP contribution is -2.56. The van der Waals surface area contributed by atoms with Crippen molar-refractivity contribution < 1.29 is 14.7 Å². The first-order valence-electron chi connectivity index (χ1n) is 10.5. The van der Waals surface area contributed by atoms with Crippen LogP contribution in [0.1, 0.15) is 78.6 Å². The molecule has 4 aliphatic rings. The van der Waals surface area contributed by atoms with E-state index in [1.54, 1.807) is 13.8 Å². The van der Waals surface area contributed by atoms with Crippen molar-refractivity contribution >= 4 is 11.6 Å². The molecule has 0 amide bonds. The molecule has 0 aromatic carbocycles. The standard InChI is InChI=1S/C22H34O3/c1-13(23)18-6-7-20-17-5-4-15-12-16(25)8-10-21(15,3)19(17)9-11-22(18,20)14(2)24/h15-20,25H,4-12H2,1-3H3/t15-,16+,17+,18+,19-,20-,21-,22-/m0/s1. The second-order valence-electron chi connectivity index (χ2n) is 9.96. The molecule has 3 heteroatoms. The van der Waals surface area contributed by atoms with E-state index in [9.17, 15) is 14.7 Å². The van der Waals surface area contributed by atoms with Crippen LogP contribution in [0.3, 0.4) is 0 Å². The van der Waals surface area contributed by atoms with Gasteiger partial charge in [0.25, 0.3) is 0 Å². The van der Waals surface area contributed by atoms with Crippen molar-refractivity contribution in [1.29, 1.82) is 0 Å². The van der Waals surface area contributed by atoms with Gasteiger partial charge in [0.2, 0.25) is 0 Å². The van der Waals surface area contributed by atoms with Gasteiger partial charge < -0.3 is 5.11 Å². The van der Waals surface area contributed by atoms with Crippen molar-refractivity contribution in [2.45, 2.75) is 84.7 Å². The molecule has 1 N–H and O–H groups in total. The monoisotopic (exact) mass is 346 g/mol. The lowest BCUT2D eigenvalue weighted by atomic mass is 9.44. The van der Waals surface area contributed by atoms with Crippen LogP contribution in [0.4, 0.5) is 0 Å². The highest BCUT2D eigenvalue weighted by Gasteiger charge is 2.64. The Hall–Kier alpha value is -0.700. The molecule has 0 aromatic rings. The summed E-state index contributed by atoms with van der Waals surface area (Å²) in [5, 5.41) is 10.1. The molecule has 4 saturated carbocycles. The van der Waals surface area contributed by atoms with Crippen LogP contribution in [0.25, 0.3) is 0 Å². The first-order valence-corrected chi connectivity index (χ1v) is 10.5. The fraction of sp³-hybridized carbons (Fsp3) is 0.909. The van der Waals surface area contributed by atoms with Crippen LogP contribution in [-0.4, -0.2) is 22.8 Å². The zero-order chi connectivity index (χ0) is 18.0. The zero-order valence-corrected chi connectivity index (χ0v) is 16.1. The van der Waals surface area contributed by atoms with Crippen LogP contribution in [0.15, 0.2) is 0 Å². The average molecular weight is 347 g/mol. The van der Waals surface area contributed by atoms with Gasteiger partial charge in [0.05, 0.1) is 6.10 Å². The molecule has 3 nitrogen and oxygen atoms in total. The molecule has 0 unspecified atom stereocenters. The number of carbonyl (C=O) groups is 2. The number of aliphatic hydroxyl groups is 1. The molecule has 25 heavy (non-hydrogen) atoms. The highest BCUT2D eigenvalue weighted by atomic mass is 16.3. The van der Waals surface area contributed by atoms with Crippen LogP contribution in [-0.2, 0) is 9.59 Å². The van der Waals surface area contributed by atoms with Gasteiger partial charge in [-0.05, 0) is 101 Å². The minimum Gasteiger partial charge on any atom is -0.393 e. The highest BCUT2D eigenvalue weighted by Crippen LogP contribution is 2.67. The molecule has 140 valence electrons. The van der Waals surface area contributed by atoms with E-state index in [2.05, 4.69) is 6.92 Å². The average Bonchev–Trinajstić information content (AvgIpc) is 2.96. The van der Waals surface area contributed by atoms with E-state index in [1.165, 1.54) is 12.8 Å². The number of hydrogen-bond acceptors (Lipinski definition) is 3. The van der Waals surface area contributed by atoms with Crippen molar-refractivity contribution in [3.8, 4) is 0 Å². The summed E-state index contributed by atoms with van der Waals surface area (Å²) in [4.78, 5) is 25.1. The Labute approximate surface area is 151 Å². The summed E-state index contributed by atoms with van der Waals surface area (Å²) in [6, 6.07) is 0. The molecule has 4 rings (SSSR count). The Bertz CT molecular complexity index is 584. The summed E-state index contributed by atoms with van der Waals surface area (Å²) in [6.45, 7) is 5.92. The third kappa shape index (κ3) is 2.33. The molecule has 0 spiro atoms. The van der Waals surface area contributed by atoms with Crippen LogP contribution >= 0.6 is 0 Å². The van der Waals surface area contributed by atoms with Crippen molar-refractivity contribution in [3.63, 3.8) is 0 Å². The van der Waals surface area contributed by atoms with Crippen molar-refractivity contribution in [2.75, 3.05) is 0 Å². The molecule has 4 fully saturated rings. The van der Waals surface area contributed by atoms with Gasteiger partial charge in [-0.2, -0.15) is 0 Å². The van der Waals surface area contributed by atoms with Crippen molar-refractivity contribution in [3.05, 3.63) is 0 Å². The lowest BCUT2D eigenvalue weighted by Gasteiger charge is -2.60. The van der Waals surface area contributed by atoms with E-state index in [0.717, 1.165) is 44.9 Å². The topological polar surface area (TPSA) is 54.4 Å². The van der Waals surface area contributed by atoms with Gasteiger partial charge in [0.15, 0.2) is 0 Å². The van der Waals surface area contributed by atoms with Gasteiger partial charge in [-0.3, -0.25) is 9.59 Å². The van der Waals surface area contributed by atoms with E-state index in [4.69, 9.17) is 0 Å². The summed E-state index contributed by atoms with van der Waals surface area (Å²) in [5.74, 6) is 2.83. The minimum atomic E-state index is -0.357. The van der Waals surface area contributed by atoms with Crippen molar-refractivity contribution in [1.82, 2.24) is 0 Å². The summed E-state index contributed by atoms with van der Waals surface area (Å²) in [6.07, 6.45) is 9.34. The number of rotatable bonds is 2. The van der Waals surface area contributed by atoms with Gasteiger partial charge in [0, 0.05) is 11.3 Å². The summed E-state index contributed by atoms with van der Waals surface area (Å²) in [7, 11) is 0.